The molecular formula is C18H15ClN2O2. The number of hydrogen-bond acceptors (Lipinski definition) is 3. The van der Waals surface area contributed by atoms with Crippen LogP contribution < -0.4 is 0 Å². The van der Waals surface area contributed by atoms with E-state index in [-0.39, 0.29) is 5.78 Å². The van der Waals surface area contributed by atoms with E-state index in [1.54, 1.807) is 23.0 Å². The van der Waals surface area contributed by atoms with Gasteiger partial charge in [0, 0.05) is 23.3 Å². The summed E-state index contributed by atoms with van der Waals surface area (Å²) in [4.78, 5) is 12.2. The van der Waals surface area contributed by atoms with Crippen molar-refractivity contribution in [3.05, 3.63) is 71.2 Å². The molecule has 0 amide bonds. The zero-order valence-electron chi connectivity index (χ0n) is 12.6. The number of hydrogen-bond donors (Lipinski definition) is 0. The van der Waals surface area contributed by atoms with Gasteiger partial charge in [0.15, 0.2) is 0 Å². The molecule has 1 aromatic carbocycles. The summed E-state index contributed by atoms with van der Waals surface area (Å²) in [5.41, 5.74) is 1.46. The summed E-state index contributed by atoms with van der Waals surface area (Å²) < 4.78 is 7.39. The molecule has 0 aliphatic carbocycles. The summed E-state index contributed by atoms with van der Waals surface area (Å²) >= 11 is 5.98. The average molecular weight is 327 g/mol. The summed E-state index contributed by atoms with van der Waals surface area (Å²) in [5.74, 6) is 1.21. The van der Waals surface area contributed by atoms with Crippen LogP contribution in [0.25, 0.3) is 17.4 Å². The van der Waals surface area contributed by atoms with Gasteiger partial charge in [-0.2, -0.15) is 5.10 Å². The zero-order chi connectivity index (χ0) is 16.2. The molecule has 0 bridgehead atoms. The molecule has 3 rings (SSSR count). The molecule has 0 radical (unpaired) electrons. The molecule has 2 aromatic heterocycles. The summed E-state index contributed by atoms with van der Waals surface area (Å²) in [7, 11) is 0. The van der Waals surface area contributed by atoms with Crippen LogP contribution in [0.4, 0.5) is 0 Å². The Bertz CT molecular complexity index is 861. The van der Waals surface area contributed by atoms with E-state index < -0.39 is 0 Å². The first-order valence-corrected chi connectivity index (χ1v) is 7.65. The maximum absolute atomic E-state index is 12.2. The fraction of sp³-hybridized carbons (Fsp3) is 0.111. The Morgan fingerprint density at radius 3 is 2.96 bits per heavy atom. The van der Waals surface area contributed by atoms with Crippen LogP contribution in [0.15, 0.2) is 59.2 Å². The Labute approximate surface area is 139 Å². The summed E-state index contributed by atoms with van der Waals surface area (Å²) in [5, 5.41) is 4.74. The van der Waals surface area contributed by atoms with Crippen LogP contribution in [0, 0.1) is 0 Å². The van der Waals surface area contributed by atoms with Crippen LogP contribution in [0.2, 0.25) is 5.02 Å². The van der Waals surface area contributed by atoms with E-state index in [1.807, 2.05) is 43.3 Å². The van der Waals surface area contributed by atoms with E-state index in [1.165, 1.54) is 6.08 Å². The molecule has 0 aliphatic heterocycles. The number of aromatic nitrogens is 2. The smallest absolute Gasteiger partial charge is 0.203 e. The van der Waals surface area contributed by atoms with Crippen LogP contribution in [0.5, 0.6) is 0 Å². The first kappa shape index (κ1) is 15.3. The number of benzene rings is 1. The van der Waals surface area contributed by atoms with Crippen molar-refractivity contribution >= 4 is 23.5 Å². The van der Waals surface area contributed by atoms with E-state index in [0.717, 1.165) is 5.56 Å². The fourth-order valence-corrected chi connectivity index (χ4v) is 2.47. The number of carbonyl (C=O) groups is 1. The van der Waals surface area contributed by atoms with Crippen molar-refractivity contribution in [2.75, 3.05) is 0 Å². The Hall–Kier alpha value is -2.59. The number of nitrogens with zero attached hydrogens (tertiary/aromatic N) is 2. The normalized spacial score (nSPS) is 11.2. The molecule has 5 heteroatoms. The summed E-state index contributed by atoms with van der Waals surface area (Å²) in [6, 6.07) is 12.8. The number of carbonyl (C=O) groups excluding carboxylic acids is 1. The maximum Gasteiger partial charge on any atom is 0.203 e. The van der Waals surface area contributed by atoms with Crippen LogP contribution in [0.1, 0.15) is 23.2 Å². The van der Waals surface area contributed by atoms with Gasteiger partial charge in [0.1, 0.15) is 17.2 Å². The number of halogens is 1. The van der Waals surface area contributed by atoms with Gasteiger partial charge in [-0.05, 0) is 49.4 Å². The highest BCUT2D eigenvalue weighted by atomic mass is 35.5. The molecule has 23 heavy (non-hydrogen) atoms. The molecule has 3 aromatic rings. The minimum atomic E-state index is -0.106. The summed E-state index contributed by atoms with van der Waals surface area (Å²) in [6.07, 6.45) is 4.77. The number of aryl methyl sites for hydroxylation is 1. The van der Waals surface area contributed by atoms with Crippen molar-refractivity contribution in [1.29, 1.82) is 0 Å². The molecule has 0 spiro atoms. The van der Waals surface area contributed by atoms with Crippen molar-refractivity contribution in [1.82, 2.24) is 9.78 Å². The van der Waals surface area contributed by atoms with Crippen LogP contribution in [-0.4, -0.2) is 15.6 Å². The minimum Gasteiger partial charge on any atom is -0.457 e. The molecule has 0 saturated heterocycles. The molecule has 0 saturated carbocycles. The first-order valence-electron chi connectivity index (χ1n) is 7.27. The SMILES string of the molecule is CCn1nccc1C(=O)C=Cc1ccc(-c2cccc(Cl)c2)o1. The highest BCUT2D eigenvalue weighted by Gasteiger charge is 2.08. The third-order valence-corrected chi connectivity index (χ3v) is 3.64. The highest BCUT2D eigenvalue weighted by molar-refractivity contribution is 6.30. The Balaban J connectivity index is 1.78. The van der Waals surface area contributed by atoms with E-state index in [2.05, 4.69) is 5.10 Å². The molecule has 0 unspecified atom stereocenters. The van der Waals surface area contributed by atoms with Crippen molar-refractivity contribution in [3.63, 3.8) is 0 Å². The molecule has 2 heterocycles. The van der Waals surface area contributed by atoms with Crippen molar-refractivity contribution in [2.45, 2.75) is 13.5 Å². The standard InChI is InChI=1S/C18H15ClN2O2/c1-2-21-16(10-11-20-21)17(22)8-6-15-7-9-18(23-15)13-4-3-5-14(19)12-13/h3-12H,2H2,1H3. The van der Waals surface area contributed by atoms with Crippen LogP contribution >= 0.6 is 11.6 Å². The number of furan rings is 1. The molecule has 0 N–H and O–H groups in total. The lowest BCUT2D eigenvalue weighted by Gasteiger charge is -1.99. The second kappa shape index (κ2) is 6.67. The molecule has 0 atom stereocenters. The van der Waals surface area contributed by atoms with E-state index in [0.29, 0.717) is 28.8 Å². The van der Waals surface area contributed by atoms with Crippen molar-refractivity contribution in [2.24, 2.45) is 0 Å². The van der Waals surface area contributed by atoms with Gasteiger partial charge in [-0.1, -0.05) is 23.7 Å². The topological polar surface area (TPSA) is 48.0 Å². The van der Waals surface area contributed by atoms with Gasteiger partial charge in [0.2, 0.25) is 5.78 Å². The molecule has 4 nitrogen and oxygen atoms in total. The zero-order valence-corrected chi connectivity index (χ0v) is 13.3. The Morgan fingerprint density at radius 2 is 2.17 bits per heavy atom. The molecular weight excluding hydrogens is 312 g/mol. The summed E-state index contributed by atoms with van der Waals surface area (Å²) in [6.45, 7) is 2.60. The van der Waals surface area contributed by atoms with Gasteiger partial charge in [-0.15, -0.1) is 0 Å². The number of ketones is 1. The molecule has 0 aliphatic rings. The lowest BCUT2D eigenvalue weighted by atomic mass is 10.2. The van der Waals surface area contributed by atoms with Gasteiger partial charge >= 0.3 is 0 Å². The number of rotatable bonds is 5. The van der Waals surface area contributed by atoms with Crippen LogP contribution in [-0.2, 0) is 6.54 Å². The Morgan fingerprint density at radius 1 is 1.30 bits per heavy atom. The monoisotopic (exact) mass is 326 g/mol. The highest BCUT2D eigenvalue weighted by Crippen LogP contribution is 2.25. The minimum absolute atomic E-state index is 0.106. The van der Waals surface area contributed by atoms with E-state index in [4.69, 9.17) is 16.0 Å². The maximum atomic E-state index is 12.2. The third-order valence-electron chi connectivity index (χ3n) is 3.40. The number of allylic oxidation sites excluding steroid dienone is 1. The molecule has 116 valence electrons. The average Bonchev–Trinajstić information content (AvgIpc) is 3.21. The van der Waals surface area contributed by atoms with E-state index >= 15 is 0 Å². The third kappa shape index (κ3) is 3.43. The van der Waals surface area contributed by atoms with Crippen molar-refractivity contribution in [3.8, 4) is 11.3 Å². The van der Waals surface area contributed by atoms with Gasteiger partial charge in [-0.25, -0.2) is 0 Å². The predicted molar refractivity (Wildman–Crippen MR) is 90.4 cm³/mol. The van der Waals surface area contributed by atoms with Crippen LogP contribution in [0.3, 0.4) is 0 Å². The predicted octanol–water partition coefficient (Wildman–Crippen LogP) is 4.71. The van der Waals surface area contributed by atoms with E-state index in [9.17, 15) is 4.79 Å². The lowest BCUT2D eigenvalue weighted by Crippen LogP contribution is -2.07. The first-order chi connectivity index (χ1) is 11.2. The quantitative estimate of drug-likeness (QED) is 0.504. The molecule has 0 fully saturated rings. The fourth-order valence-electron chi connectivity index (χ4n) is 2.28. The van der Waals surface area contributed by atoms with Gasteiger partial charge < -0.3 is 4.42 Å². The second-order valence-corrected chi connectivity index (χ2v) is 5.38. The Kier molecular flexibility index (Phi) is 4.44. The van der Waals surface area contributed by atoms with Gasteiger partial charge in [-0.3, -0.25) is 9.48 Å². The van der Waals surface area contributed by atoms with Crippen molar-refractivity contribution < 1.29 is 9.21 Å². The van der Waals surface area contributed by atoms with Gasteiger partial charge in [0.25, 0.3) is 0 Å². The van der Waals surface area contributed by atoms with Gasteiger partial charge in [0.05, 0.1) is 0 Å². The lowest BCUT2D eigenvalue weighted by molar-refractivity contribution is 0.103. The largest absolute Gasteiger partial charge is 0.457 e. The second-order valence-electron chi connectivity index (χ2n) is 4.94.